The van der Waals surface area contributed by atoms with E-state index in [-0.39, 0.29) is 31.1 Å². The number of hydrogen-bond acceptors (Lipinski definition) is 6. The van der Waals surface area contributed by atoms with Crippen molar-refractivity contribution in [1.29, 1.82) is 0 Å². The van der Waals surface area contributed by atoms with Gasteiger partial charge in [0, 0.05) is 19.3 Å². The smallest absolute Gasteiger partial charge is 0.306 e. The monoisotopic (exact) mass is 943 g/mol. The molecular weight excluding hydrogens is 829 g/mol. The molecule has 0 spiro atoms. The maximum atomic E-state index is 12.8. The van der Waals surface area contributed by atoms with Gasteiger partial charge in [-0.15, -0.1) is 0 Å². The zero-order valence-corrected chi connectivity index (χ0v) is 45.2. The first-order valence-electron chi connectivity index (χ1n) is 29.8. The standard InChI is InChI=1S/C61H114O6/c1-4-7-10-13-16-19-22-25-26-27-28-29-30-31-32-33-34-35-36-37-40-42-45-48-51-54-60(63)66-57-58(67-61(64)55-52-49-46-43-39-24-21-18-15-12-9-6-3)56-65-59(62)53-50-47-44-41-38-23-20-17-14-11-8-5-2/h17-18,20-21,58H,4-16,19,22-57H2,1-3H3/b20-17-,21-18-. The molecule has 0 saturated carbocycles. The molecule has 0 fully saturated rings. The van der Waals surface area contributed by atoms with Crippen molar-refractivity contribution in [3.05, 3.63) is 24.3 Å². The van der Waals surface area contributed by atoms with Crippen molar-refractivity contribution in [3.63, 3.8) is 0 Å². The van der Waals surface area contributed by atoms with Crippen LogP contribution in [0.15, 0.2) is 24.3 Å². The largest absolute Gasteiger partial charge is 0.462 e. The van der Waals surface area contributed by atoms with Gasteiger partial charge in [-0.2, -0.15) is 0 Å². The van der Waals surface area contributed by atoms with E-state index in [9.17, 15) is 14.4 Å². The summed E-state index contributed by atoms with van der Waals surface area (Å²) >= 11 is 0. The van der Waals surface area contributed by atoms with Gasteiger partial charge >= 0.3 is 17.9 Å². The number of rotatable bonds is 55. The lowest BCUT2D eigenvalue weighted by Crippen LogP contribution is -2.30. The Bertz CT molecular complexity index is 1080. The van der Waals surface area contributed by atoms with Crippen LogP contribution in [-0.4, -0.2) is 37.2 Å². The minimum absolute atomic E-state index is 0.0731. The fraction of sp³-hybridized carbons (Fsp3) is 0.885. The highest BCUT2D eigenvalue weighted by Gasteiger charge is 2.19. The summed E-state index contributed by atoms with van der Waals surface area (Å²) in [6, 6.07) is 0. The third kappa shape index (κ3) is 54.7. The molecule has 0 aliphatic carbocycles. The van der Waals surface area contributed by atoms with Crippen LogP contribution >= 0.6 is 0 Å². The van der Waals surface area contributed by atoms with E-state index in [1.165, 1.54) is 218 Å². The summed E-state index contributed by atoms with van der Waals surface area (Å²) in [5.41, 5.74) is 0. The van der Waals surface area contributed by atoms with Crippen LogP contribution in [0.4, 0.5) is 0 Å². The van der Waals surface area contributed by atoms with E-state index >= 15 is 0 Å². The fourth-order valence-corrected chi connectivity index (χ4v) is 8.91. The molecule has 0 aromatic rings. The molecule has 1 unspecified atom stereocenters. The Labute approximate surface area is 417 Å². The average molecular weight is 944 g/mol. The van der Waals surface area contributed by atoms with Crippen LogP contribution in [0.1, 0.15) is 329 Å². The van der Waals surface area contributed by atoms with Gasteiger partial charge < -0.3 is 14.2 Å². The van der Waals surface area contributed by atoms with Crippen LogP contribution in [0.5, 0.6) is 0 Å². The lowest BCUT2D eigenvalue weighted by Gasteiger charge is -2.18. The SMILES string of the molecule is CCCCC/C=C\CCCCCCCC(=O)OCC(COC(=O)CCCCCCCCCCCCCCCCCCCCCCCCCCC)OC(=O)CCCCCCC/C=C\CCCCC. The second kappa shape index (κ2) is 56.5. The molecule has 0 N–H and O–H groups in total. The predicted molar refractivity (Wildman–Crippen MR) is 289 cm³/mol. The van der Waals surface area contributed by atoms with Gasteiger partial charge in [-0.05, 0) is 70.6 Å². The molecule has 0 aromatic heterocycles. The lowest BCUT2D eigenvalue weighted by atomic mass is 10.0. The Hall–Kier alpha value is -2.11. The number of unbranched alkanes of at least 4 members (excludes halogenated alkanes) is 40. The van der Waals surface area contributed by atoms with E-state index in [4.69, 9.17) is 14.2 Å². The second-order valence-electron chi connectivity index (χ2n) is 20.3. The summed E-state index contributed by atoms with van der Waals surface area (Å²) in [7, 11) is 0. The van der Waals surface area contributed by atoms with Crippen molar-refractivity contribution >= 4 is 17.9 Å². The molecular formula is C61H114O6. The summed E-state index contributed by atoms with van der Waals surface area (Å²) in [6.45, 7) is 6.62. The van der Waals surface area contributed by atoms with Gasteiger partial charge in [0.15, 0.2) is 6.10 Å². The van der Waals surface area contributed by atoms with Crippen LogP contribution in [0.25, 0.3) is 0 Å². The molecule has 394 valence electrons. The van der Waals surface area contributed by atoms with Gasteiger partial charge in [-0.3, -0.25) is 14.4 Å². The van der Waals surface area contributed by atoms with Gasteiger partial charge in [0.1, 0.15) is 13.2 Å². The maximum absolute atomic E-state index is 12.8. The van der Waals surface area contributed by atoms with Gasteiger partial charge in [0.25, 0.3) is 0 Å². The third-order valence-electron chi connectivity index (χ3n) is 13.4. The molecule has 6 heteroatoms. The Morgan fingerprint density at radius 3 is 0.776 bits per heavy atom. The number of esters is 3. The molecule has 0 rings (SSSR count). The molecule has 0 bridgehead atoms. The van der Waals surface area contributed by atoms with Gasteiger partial charge in [-0.1, -0.05) is 263 Å². The van der Waals surface area contributed by atoms with Crippen LogP contribution < -0.4 is 0 Å². The molecule has 0 heterocycles. The quantitative estimate of drug-likeness (QED) is 0.0262. The Balaban J connectivity index is 4.16. The van der Waals surface area contributed by atoms with Crippen molar-refractivity contribution in [2.45, 2.75) is 335 Å². The number of allylic oxidation sites excluding steroid dienone is 4. The summed E-state index contributed by atoms with van der Waals surface area (Å²) < 4.78 is 16.8. The van der Waals surface area contributed by atoms with Crippen LogP contribution in [0.3, 0.4) is 0 Å². The average Bonchev–Trinajstić information content (AvgIpc) is 3.33. The molecule has 0 saturated heterocycles. The normalized spacial score (nSPS) is 12.1. The van der Waals surface area contributed by atoms with Crippen LogP contribution in [-0.2, 0) is 28.6 Å². The van der Waals surface area contributed by atoms with E-state index in [1.54, 1.807) is 0 Å². The van der Waals surface area contributed by atoms with E-state index in [0.29, 0.717) is 19.3 Å². The lowest BCUT2D eigenvalue weighted by molar-refractivity contribution is -0.167. The number of hydrogen-bond donors (Lipinski definition) is 0. The number of ether oxygens (including phenoxy) is 3. The summed E-state index contributed by atoms with van der Waals surface area (Å²) in [5, 5.41) is 0. The van der Waals surface area contributed by atoms with Crippen molar-refractivity contribution < 1.29 is 28.6 Å². The zero-order valence-electron chi connectivity index (χ0n) is 45.2. The Morgan fingerprint density at radius 2 is 0.493 bits per heavy atom. The Kier molecular flexibility index (Phi) is 54.7. The molecule has 67 heavy (non-hydrogen) atoms. The first kappa shape index (κ1) is 64.9. The third-order valence-corrected chi connectivity index (χ3v) is 13.4. The summed E-state index contributed by atoms with van der Waals surface area (Å²) in [4.78, 5) is 38.1. The molecule has 0 aliphatic rings. The van der Waals surface area contributed by atoms with Crippen molar-refractivity contribution in [3.8, 4) is 0 Å². The zero-order chi connectivity index (χ0) is 48.6. The summed E-state index contributed by atoms with van der Waals surface area (Å²) in [6.07, 6.45) is 66.2. The van der Waals surface area contributed by atoms with E-state index in [2.05, 4.69) is 45.1 Å². The highest BCUT2D eigenvalue weighted by Crippen LogP contribution is 2.17. The first-order chi connectivity index (χ1) is 33.0. The molecule has 0 amide bonds. The number of carbonyl (C=O) groups is 3. The van der Waals surface area contributed by atoms with Gasteiger partial charge in [0.05, 0.1) is 0 Å². The van der Waals surface area contributed by atoms with Crippen molar-refractivity contribution in [1.82, 2.24) is 0 Å². The molecule has 0 radical (unpaired) electrons. The predicted octanol–water partition coefficient (Wildman–Crippen LogP) is 19.9. The van der Waals surface area contributed by atoms with Crippen LogP contribution in [0.2, 0.25) is 0 Å². The first-order valence-corrected chi connectivity index (χ1v) is 29.8. The van der Waals surface area contributed by atoms with E-state index in [0.717, 1.165) is 70.6 Å². The molecule has 0 aromatic carbocycles. The van der Waals surface area contributed by atoms with Crippen molar-refractivity contribution in [2.75, 3.05) is 13.2 Å². The van der Waals surface area contributed by atoms with E-state index in [1.807, 2.05) is 0 Å². The van der Waals surface area contributed by atoms with Crippen molar-refractivity contribution in [2.24, 2.45) is 0 Å². The minimum Gasteiger partial charge on any atom is -0.462 e. The van der Waals surface area contributed by atoms with Gasteiger partial charge in [0.2, 0.25) is 0 Å². The maximum Gasteiger partial charge on any atom is 0.306 e. The van der Waals surface area contributed by atoms with E-state index < -0.39 is 6.10 Å². The molecule has 1 atom stereocenters. The highest BCUT2D eigenvalue weighted by atomic mass is 16.6. The van der Waals surface area contributed by atoms with Gasteiger partial charge in [-0.25, -0.2) is 0 Å². The number of carbonyl (C=O) groups excluding carboxylic acids is 3. The second-order valence-corrected chi connectivity index (χ2v) is 20.3. The van der Waals surface area contributed by atoms with Crippen LogP contribution in [0, 0.1) is 0 Å². The minimum atomic E-state index is -0.774. The highest BCUT2D eigenvalue weighted by molar-refractivity contribution is 5.71. The molecule has 0 aliphatic heterocycles. The summed E-state index contributed by atoms with van der Waals surface area (Å²) in [5.74, 6) is -0.874. The topological polar surface area (TPSA) is 78.9 Å². The fourth-order valence-electron chi connectivity index (χ4n) is 8.91. The Morgan fingerprint density at radius 1 is 0.284 bits per heavy atom. The molecule has 6 nitrogen and oxygen atoms in total.